The summed E-state index contributed by atoms with van der Waals surface area (Å²) in [4.78, 5) is 34.9. The molecular weight excluding hydrogens is 472 g/mol. The van der Waals surface area contributed by atoms with Crippen molar-refractivity contribution in [3.05, 3.63) is 48.6 Å². The average Bonchev–Trinajstić information content (AvgIpc) is 2.90. The standard InChI is InChI=1S/C30H48O7/c1-2-3-4-5-6-7-8-9-10-11-12-13-14-15-16-17-18-20-27(32)21-19-24-36-29(34)22-23-30(35)37-26-28(33)25-31/h6-7,9-10,12-13,15-16,28,31,33H,2-5,8,11,14,17-26H2,1H3/b7-6-,10-9-,13-12-,16-15-. The summed E-state index contributed by atoms with van der Waals surface area (Å²) in [6.07, 6.45) is 26.9. The van der Waals surface area contributed by atoms with Crippen LogP contribution >= 0.6 is 0 Å². The van der Waals surface area contributed by atoms with E-state index in [2.05, 4.69) is 55.5 Å². The van der Waals surface area contributed by atoms with Crippen molar-refractivity contribution in [1.29, 1.82) is 0 Å². The lowest BCUT2D eigenvalue weighted by Crippen LogP contribution is -2.22. The summed E-state index contributed by atoms with van der Waals surface area (Å²) in [5, 5.41) is 17.7. The maximum atomic E-state index is 11.9. The van der Waals surface area contributed by atoms with Crippen LogP contribution in [0.3, 0.4) is 0 Å². The summed E-state index contributed by atoms with van der Waals surface area (Å²) in [6.45, 7) is 1.55. The third-order valence-corrected chi connectivity index (χ3v) is 5.33. The number of hydrogen-bond acceptors (Lipinski definition) is 7. The first-order valence-electron chi connectivity index (χ1n) is 13.7. The maximum Gasteiger partial charge on any atom is 0.306 e. The maximum absolute atomic E-state index is 11.9. The van der Waals surface area contributed by atoms with Crippen molar-refractivity contribution in [3.8, 4) is 0 Å². The van der Waals surface area contributed by atoms with E-state index >= 15 is 0 Å². The Bertz CT molecular complexity index is 707. The van der Waals surface area contributed by atoms with Gasteiger partial charge in [0, 0.05) is 12.8 Å². The van der Waals surface area contributed by atoms with Crippen molar-refractivity contribution in [2.24, 2.45) is 0 Å². The zero-order valence-electron chi connectivity index (χ0n) is 22.7. The second-order valence-corrected chi connectivity index (χ2v) is 8.86. The van der Waals surface area contributed by atoms with E-state index < -0.39 is 24.6 Å². The highest BCUT2D eigenvalue weighted by molar-refractivity contribution is 5.78. The second-order valence-electron chi connectivity index (χ2n) is 8.86. The molecule has 210 valence electrons. The number of aliphatic hydroxyl groups is 2. The van der Waals surface area contributed by atoms with E-state index in [9.17, 15) is 14.4 Å². The molecule has 0 spiro atoms. The summed E-state index contributed by atoms with van der Waals surface area (Å²) >= 11 is 0. The highest BCUT2D eigenvalue weighted by atomic mass is 16.5. The van der Waals surface area contributed by atoms with Crippen LogP contribution in [0.1, 0.15) is 96.8 Å². The molecule has 37 heavy (non-hydrogen) atoms. The third kappa shape index (κ3) is 26.4. The first-order valence-corrected chi connectivity index (χ1v) is 13.7. The highest BCUT2D eigenvalue weighted by Crippen LogP contribution is 2.05. The average molecular weight is 521 g/mol. The Kier molecular flexibility index (Phi) is 24.7. The Balaban J connectivity index is 3.60. The molecule has 1 unspecified atom stereocenters. The van der Waals surface area contributed by atoms with Gasteiger partial charge in [0.15, 0.2) is 0 Å². The number of aliphatic hydroxyl groups excluding tert-OH is 2. The van der Waals surface area contributed by atoms with Crippen molar-refractivity contribution in [2.45, 2.75) is 103 Å². The minimum Gasteiger partial charge on any atom is -0.466 e. The van der Waals surface area contributed by atoms with Crippen molar-refractivity contribution in [2.75, 3.05) is 19.8 Å². The zero-order valence-corrected chi connectivity index (χ0v) is 22.7. The van der Waals surface area contributed by atoms with Crippen LogP contribution in [0.4, 0.5) is 0 Å². The molecule has 7 heteroatoms. The topological polar surface area (TPSA) is 110 Å². The molecule has 0 saturated heterocycles. The Labute approximate surface area is 223 Å². The van der Waals surface area contributed by atoms with Crippen molar-refractivity contribution < 1.29 is 34.1 Å². The van der Waals surface area contributed by atoms with Gasteiger partial charge in [-0.2, -0.15) is 0 Å². The normalized spacial score (nSPS) is 12.7. The van der Waals surface area contributed by atoms with Gasteiger partial charge < -0.3 is 19.7 Å². The quantitative estimate of drug-likeness (QED) is 0.0954. The molecule has 0 aliphatic rings. The number of Topliss-reactive ketones (excluding diaryl/α,β-unsaturated/α-hetero) is 1. The largest absolute Gasteiger partial charge is 0.466 e. The van der Waals surface area contributed by atoms with Crippen molar-refractivity contribution >= 4 is 17.7 Å². The Morgan fingerprint density at radius 2 is 1.19 bits per heavy atom. The van der Waals surface area contributed by atoms with E-state index in [0.29, 0.717) is 19.3 Å². The molecule has 2 N–H and O–H groups in total. The van der Waals surface area contributed by atoms with Crippen molar-refractivity contribution in [1.82, 2.24) is 0 Å². The summed E-state index contributed by atoms with van der Waals surface area (Å²) in [5.41, 5.74) is 0. The zero-order chi connectivity index (χ0) is 27.4. The monoisotopic (exact) mass is 520 g/mol. The molecule has 0 fully saturated rings. The molecule has 0 amide bonds. The van der Waals surface area contributed by atoms with Crippen LogP contribution in [0.25, 0.3) is 0 Å². The van der Waals surface area contributed by atoms with E-state index in [1.807, 2.05) is 0 Å². The van der Waals surface area contributed by atoms with Crippen LogP contribution < -0.4 is 0 Å². The summed E-state index contributed by atoms with van der Waals surface area (Å²) in [6, 6.07) is 0. The molecule has 0 aromatic heterocycles. The molecule has 0 aliphatic heterocycles. The van der Waals surface area contributed by atoms with Gasteiger partial charge in [-0.25, -0.2) is 0 Å². The van der Waals surface area contributed by atoms with Gasteiger partial charge in [-0.15, -0.1) is 0 Å². The van der Waals surface area contributed by atoms with E-state index in [1.54, 1.807) is 0 Å². The molecule has 0 aliphatic carbocycles. The molecule has 0 rings (SSSR count). The van der Waals surface area contributed by atoms with E-state index in [1.165, 1.54) is 25.7 Å². The second kappa shape index (κ2) is 26.6. The van der Waals surface area contributed by atoms with Gasteiger partial charge in [-0.05, 0) is 51.4 Å². The molecular formula is C30H48O7. The molecule has 0 bridgehead atoms. The molecule has 0 radical (unpaired) electrons. The fourth-order valence-electron chi connectivity index (χ4n) is 3.15. The first kappa shape index (κ1) is 34.5. The minimum atomic E-state index is -1.12. The molecule has 7 nitrogen and oxygen atoms in total. The third-order valence-electron chi connectivity index (χ3n) is 5.33. The Morgan fingerprint density at radius 3 is 1.76 bits per heavy atom. The number of allylic oxidation sites excluding steroid dienone is 8. The number of ketones is 1. The van der Waals surface area contributed by atoms with Crippen LogP contribution in [0.5, 0.6) is 0 Å². The SMILES string of the molecule is CCCCC/C=C\C/C=C\C/C=C\C/C=C\CCCC(=O)CCCOC(=O)CCC(=O)OCC(O)CO. The van der Waals surface area contributed by atoms with Gasteiger partial charge in [-0.3, -0.25) is 14.4 Å². The molecule has 0 aromatic rings. The lowest BCUT2D eigenvalue weighted by atomic mass is 10.1. The molecule has 1 atom stereocenters. The van der Waals surface area contributed by atoms with Crippen LogP contribution in [0, 0.1) is 0 Å². The molecule has 0 aromatic carbocycles. The van der Waals surface area contributed by atoms with Crippen LogP contribution in [0.15, 0.2) is 48.6 Å². The van der Waals surface area contributed by atoms with E-state index in [4.69, 9.17) is 19.7 Å². The number of rotatable bonds is 24. The van der Waals surface area contributed by atoms with E-state index in [0.717, 1.165) is 32.1 Å². The van der Waals surface area contributed by atoms with Gasteiger partial charge in [0.25, 0.3) is 0 Å². The van der Waals surface area contributed by atoms with Crippen LogP contribution in [0.2, 0.25) is 0 Å². The number of carbonyl (C=O) groups excluding carboxylic acids is 3. The highest BCUT2D eigenvalue weighted by Gasteiger charge is 2.11. The fraction of sp³-hybridized carbons (Fsp3) is 0.633. The number of esters is 2. The lowest BCUT2D eigenvalue weighted by molar-refractivity contribution is -0.152. The number of hydrogen-bond donors (Lipinski definition) is 2. The number of unbranched alkanes of at least 4 members (excludes halogenated alkanes) is 4. The van der Waals surface area contributed by atoms with Gasteiger partial charge >= 0.3 is 11.9 Å². The van der Waals surface area contributed by atoms with Crippen molar-refractivity contribution in [3.63, 3.8) is 0 Å². The van der Waals surface area contributed by atoms with Crippen LogP contribution in [-0.4, -0.2) is 53.9 Å². The predicted molar refractivity (Wildman–Crippen MR) is 147 cm³/mol. The summed E-state index contributed by atoms with van der Waals surface area (Å²) in [5.74, 6) is -1.03. The molecule has 0 heterocycles. The van der Waals surface area contributed by atoms with Gasteiger partial charge in [-0.1, -0.05) is 68.4 Å². The number of ether oxygens (including phenoxy) is 2. The fourth-order valence-corrected chi connectivity index (χ4v) is 3.15. The van der Waals surface area contributed by atoms with Gasteiger partial charge in [0.2, 0.25) is 0 Å². The molecule has 0 saturated carbocycles. The van der Waals surface area contributed by atoms with Crippen LogP contribution in [-0.2, 0) is 23.9 Å². The van der Waals surface area contributed by atoms with Gasteiger partial charge in [0.1, 0.15) is 18.5 Å². The van der Waals surface area contributed by atoms with E-state index in [-0.39, 0.29) is 31.8 Å². The predicted octanol–water partition coefficient (Wildman–Crippen LogP) is 5.70. The minimum absolute atomic E-state index is 0.128. The number of carbonyl (C=O) groups is 3. The summed E-state index contributed by atoms with van der Waals surface area (Å²) < 4.78 is 9.71. The first-order chi connectivity index (χ1) is 18.0. The smallest absolute Gasteiger partial charge is 0.306 e. The Morgan fingerprint density at radius 1 is 0.676 bits per heavy atom. The summed E-state index contributed by atoms with van der Waals surface area (Å²) in [7, 11) is 0. The lowest BCUT2D eigenvalue weighted by Gasteiger charge is -2.08. The van der Waals surface area contributed by atoms with Gasteiger partial charge in [0.05, 0.1) is 26.1 Å². The Hall–Kier alpha value is -2.51.